The molecule has 1 heterocycles. The van der Waals surface area contributed by atoms with E-state index in [0.29, 0.717) is 0 Å². The number of hydrogen-bond donors (Lipinski definition) is 1. The van der Waals surface area contributed by atoms with Crippen LogP contribution in [0, 0.1) is 17.8 Å². The number of ether oxygens (including phenoxy) is 1. The Morgan fingerprint density at radius 3 is 3.00 bits per heavy atom. The number of benzene rings is 1. The van der Waals surface area contributed by atoms with E-state index in [1.54, 1.807) is 7.11 Å². The number of aliphatic hydroxyl groups is 1. The number of nitrogens with zero attached hydrogens (tertiary/aromatic N) is 1. The zero-order valence-corrected chi connectivity index (χ0v) is 13.1. The van der Waals surface area contributed by atoms with Gasteiger partial charge in [0.1, 0.15) is 12.4 Å². The highest BCUT2D eigenvalue weighted by atomic mass is 16.5. The lowest BCUT2D eigenvalue weighted by Crippen LogP contribution is -2.34. The lowest BCUT2D eigenvalue weighted by Gasteiger charge is -2.32. The van der Waals surface area contributed by atoms with Gasteiger partial charge in [0.2, 0.25) is 0 Å². The van der Waals surface area contributed by atoms with E-state index in [9.17, 15) is 0 Å². The normalized spacial score (nSPS) is 18.9. The molecule has 1 aliphatic rings. The summed E-state index contributed by atoms with van der Waals surface area (Å²) in [7, 11) is 1.71. The Labute approximate surface area is 127 Å². The number of aliphatic hydroxyl groups excluding tert-OH is 1. The smallest absolute Gasteiger partial charge is 0.123 e. The zero-order valence-electron chi connectivity index (χ0n) is 13.1. The van der Waals surface area contributed by atoms with Crippen molar-refractivity contribution in [3.63, 3.8) is 0 Å². The Kier molecular flexibility index (Phi) is 6.10. The molecule has 1 saturated heterocycles. The molecule has 3 nitrogen and oxygen atoms in total. The van der Waals surface area contributed by atoms with Crippen LogP contribution in [-0.4, -0.2) is 36.8 Å². The van der Waals surface area contributed by atoms with Crippen LogP contribution >= 0.6 is 0 Å². The van der Waals surface area contributed by atoms with Gasteiger partial charge in [-0.1, -0.05) is 25.2 Å². The lowest BCUT2D eigenvalue weighted by molar-refractivity contribution is 0.163. The monoisotopic (exact) mass is 287 g/mol. The maximum atomic E-state index is 8.81. The average molecular weight is 287 g/mol. The van der Waals surface area contributed by atoms with Gasteiger partial charge in [-0.2, -0.15) is 0 Å². The minimum atomic E-state index is -0.105. The lowest BCUT2D eigenvalue weighted by atomic mass is 9.95. The first kappa shape index (κ1) is 15.9. The molecule has 1 atom stereocenters. The molecule has 1 N–H and O–H groups in total. The van der Waals surface area contributed by atoms with Crippen LogP contribution in [0.5, 0.6) is 5.75 Å². The van der Waals surface area contributed by atoms with Crippen molar-refractivity contribution in [1.82, 2.24) is 4.90 Å². The molecular weight excluding hydrogens is 262 g/mol. The molecule has 3 heteroatoms. The third-order valence-corrected chi connectivity index (χ3v) is 4.17. The summed E-state index contributed by atoms with van der Waals surface area (Å²) in [6.07, 6.45) is 3.90. The van der Waals surface area contributed by atoms with Crippen molar-refractivity contribution in [2.24, 2.45) is 5.92 Å². The minimum Gasteiger partial charge on any atom is -0.496 e. The second kappa shape index (κ2) is 8.07. The van der Waals surface area contributed by atoms with Crippen LogP contribution < -0.4 is 4.74 Å². The number of likely N-dealkylation sites (tertiary alicyclic amines) is 1. The fourth-order valence-corrected chi connectivity index (χ4v) is 2.99. The molecule has 21 heavy (non-hydrogen) atoms. The molecule has 1 aromatic rings. The first-order valence-corrected chi connectivity index (χ1v) is 7.75. The van der Waals surface area contributed by atoms with Crippen LogP contribution in [0.25, 0.3) is 0 Å². The second-order valence-corrected chi connectivity index (χ2v) is 5.64. The zero-order chi connectivity index (χ0) is 15.1. The molecular formula is C18H25NO2. The van der Waals surface area contributed by atoms with Gasteiger partial charge < -0.3 is 9.84 Å². The molecule has 1 aromatic carbocycles. The van der Waals surface area contributed by atoms with Gasteiger partial charge in [0, 0.05) is 24.2 Å². The van der Waals surface area contributed by atoms with Crippen molar-refractivity contribution in [2.75, 3.05) is 26.8 Å². The molecule has 0 amide bonds. The molecule has 0 aromatic heterocycles. The third-order valence-electron chi connectivity index (χ3n) is 4.17. The van der Waals surface area contributed by atoms with E-state index >= 15 is 0 Å². The van der Waals surface area contributed by atoms with Gasteiger partial charge in [0.25, 0.3) is 0 Å². The molecule has 114 valence electrons. The summed E-state index contributed by atoms with van der Waals surface area (Å²) in [6.45, 7) is 5.41. The van der Waals surface area contributed by atoms with Gasteiger partial charge in [-0.25, -0.2) is 0 Å². The first-order chi connectivity index (χ1) is 10.3. The van der Waals surface area contributed by atoms with Crippen LogP contribution in [0.15, 0.2) is 18.2 Å². The van der Waals surface area contributed by atoms with Gasteiger partial charge in [0.05, 0.1) is 7.11 Å². The summed E-state index contributed by atoms with van der Waals surface area (Å²) in [5.74, 6) is 7.41. The Bertz CT molecular complexity index is 516. The van der Waals surface area contributed by atoms with Crippen molar-refractivity contribution in [3.8, 4) is 17.6 Å². The van der Waals surface area contributed by atoms with Gasteiger partial charge in [0.15, 0.2) is 0 Å². The largest absolute Gasteiger partial charge is 0.496 e. The molecule has 0 radical (unpaired) electrons. The molecule has 1 fully saturated rings. The summed E-state index contributed by atoms with van der Waals surface area (Å²) in [6, 6.07) is 5.99. The van der Waals surface area contributed by atoms with Crippen LogP contribution in [0.2, 0.25) is 0 Å². The Morgan fingerprint density at radius 2 is 2.29 bits per heavy atom. The van der Waals surface area contributed by atoms with E-state index in [4.69, 9.17) is 9.84 Å². The number of piperidine rings is 1. The van der Waals surface area contributed by atoms with Crippen molar-refractivity contribution in [3.05, 3.63) is 29.3 Å². The Balaban J connectivity index is 2.13. The molecule has 0 spiro atoms. The molecule has 0 aliphatic carbocycles. The first-order valence-electron chi connectivity index (χ1n) is 7.75. The van der Waals surface area contributed by atoms with Crippen molar-refractivity contribution in [2.45, 2.75) is 32.7 Å². The van der Waals surface area contributed by atoms with E-state index in [2.05, 4.69) is 29.7 Å². The number of rotatable bonds is 4. The number of methoxy groups -OCH3 is 1. The minimum absolute atomic E-state index is 0.105. The van der Waals surface area contributed by atoms with E-state index in [0.717, 1.165) is 30.3 Å². The Morgan fingerprint density at radius 1 is 1.43 bits per heavy atom. The summed E-state index contributed by atoms with van der Waals surface area (Å²) < 4.78 is 5.48. The average Bonchev–Trinajstić information content (AvgIpc) is 2.53. The summed E-state index contributed by atoms with van der Waals surface area (Å²) in [5.41, 5.74) is 2.11. The van der Waals surface area contributed by atoms with Gasteiger partial charge >= 0.3 is 0 Å². The fourth-order valence-electron chi connectivity index (χ4n) is 2.99. The van der Waals surface area contributed by atoms with E-state index < -0.39 is 0 Å². The molecule has 2 rings (SSSR count). The molecule has 1 unspecified atom stereocenters. The van der Waals surface area contributed by atoms with Crippen LogP contribution in [-0.2, 0) is 6.54 Å². The number of hydrogen-bond acceptors (Lipinski definition) is 3. The third kappa shape index (κ3) is 4.49. The predicted octanol–water partition coefficient (Wildman–Crippen LogP) is 2.66. The van der Waals surface area contributed by atoms with Crippen molar-refractivity contribution < 1.29 is 9.84 Å². The van der Waals surface area contributed by atoms with E-state index in [1.165, 1.54) is 31.4 Å². The van der Waals surface area contributed by atoms with Crippen molar-refractivity contribution in [1.29, 1.82) is 0 Å². The highest BCUT2D eigenvalue weighted by Crippen LogP contribution is 2.25. The SMILES string of the molecule is CCC1CCCN(Cc2cc(C#CCO)ccc2OC)C1. The molecule has 0 bridgehead atoms. The van der Waals surface area contributed by atoms with Crippen molar-refractivity contribution >= 4 is 0 Å². The summed E-state index contributed by atoms with van der Waals surface area (Å²) in [5, 5.41) is 8.81. The maximum absolute atomic E-state index is 8.81. The maximum Gasteiger partial charge on any atom is 0.123 e. The quantitative estimate of drug-likeness (QED) is 0.864. The highest BCUT2D eigenvalue weighted by Gasteiger charge is 2.19. The van der Waals surface area contributed by atoms with Crippen LogP contribution in [0.4, 0.5) is 0 Å². The standard InChI is InChI=1S/C18H25NO2/c1-3-15-6-4-10-19(13-15)14-17-12-16(7-5-11-20)8-9-18(17)21-2/h8-9,12,15,20H,3-4,6,10-11,13-14H2,1-2H3. The van der Waals surface area contributed by atoms with Gasteiger partial charge in [-0.05, 0) is 43.5 Å². The summed E-state index contributed by atoms with van der Waals surface area (Å²) >= 11 is 0. The molecule has 0 saturated carbocycles. The summed E-state index contributed by atoms with van der Waals surface area (Å²) in [4.78, 5) is 2.51. The fraction of sp³-hybridized carbons (Fsp3) is 0.556. The highest BCUT2D eigenvalue weighted by molar-refractivity contribution is 5.44. The van der Waals surface area contributed by atoms with E-state index in [1.807, 2.05) is 12.1 Å². The van der Waals surface area contributed by atoms with Crippen LogP contribution in [0.1, 0.15) is 37.3 Å². The van der Waals surface area contributed by atoms with Gasteiger partial charge in [-0.3, -0.25) is 4.90 Å². The van der Waals surface area contributed by atoms with E-state index in [-0.39, 0.29) is 6.61 Å². The molecule has 1 aliphatic heterocycles. The van der Waals surface area contributed by atoms with Crippen LogP contribution in [0.3, 0.4) is 0 Å². The van der Waals surface area contributed by atoms with Gasteiger partial charge in [-0.15, -0.1) is 0 Å². The topological polar surface area (TPSA) is 32.7 Å². The predicted molar refractivity (Wildman–Crippen MR) is 85.2 cm³/mol. The second-order valence-electron chi connectivity index (χ2n) is 5.64. The Hall–Kier alpha value is -1.50.